The SMILES string of the molecule is CC1=C(COc2ccc(F)c(C(O)CC#N)c2)C(C)(C)CCC1. The molecule has 1 aromatic rings. The van der Waals surface area contributed by atoms with Gasteiger partial charge in [-0.1, -0.05) is 19.4 Å². The Morgan fingerprint density at radius 1 is 1.43 bits per heavy atom. The van der Waals surface area contributed by atoms with E-state index >= 15 is 0 Å². The van der Waals surface area contributed by atoms with Gasteiger partial charge in [-0.2, -0.15) is 5.26 Å². The molecule has 4 heteroatoms. The first-order valence-electron chi connectivity index (χ1n) is 8.01. The lowest BCUT2D eigenvalue weighted by Gasteiger charge is -2.34. The number of allylic oxidation sites excluding steroid dienone is 1. The molecule has 1 atom stereocenters. The van der Waals surface area contributed by atoms with Gasteiger partial charge in [0.25, 0.3) is 0 Å². The van der Waals surface area contributed by atoms with E-state index in [0.29, 0.717) is 12.4 Å². The van der Waals surface area contributed by atoms with Gasteiger partial charge in [-0.3, -0.25) is 0 Å². The Morgan fingerprint density at radius 3 is 2.83 bits per heavy atom. The van der Waals surface area contributed by atoms with E-state index in [-0.39, 0.29) is 17.4 Å². The molecule has 0 aromatic heterocycles. The molecule has 1 aliphatic rings. The summed E-state index contributed by atoms with van der Waals surface area (Å²) in [6, 6.07) is 6.17. The smallest absolute Gasteiger partial charge is 0.129 e. The van der Waals surface area contributed by atoms with Crippen LogP contribution in [-0.4, -0.2) is 11.7 Å². The van der Waals surface area contributed by atoms with Crippen molar-refractivity contribution in [1.29, 1.82) is 5.26 Å². The van der Waals surface area contributed by atoms with Crippen LogP contribution in [0.15, 0.2) is 29.3 Å². The summed E-state index contributed by atoms with van der Waals surface area (Å²) in [5, 5.41) is 18.5. The molecule has 0 saturated carbocycles. The van der Waals surface area contributed by atoms with Crippen LogP contribution in [0.2, 0.25) is 0 Å². The Bertz CT molecular complexity index is 643. The number of halogens is 1. The van der Waals surface area contributed by atoms with Gasteiger partial charge in [-0.15, -0.1) is 0 Å². The molecule has 1 aliphatic carbocycles. The van der Waals surface area contributed by atoms with Crippen molar-refractivity contribution in [2.45, 2.75) is 52.6 Å². The fourth-order valence-electron chi connectivity index (χ4n) is 3.21. The fraction of sp³-hybridized carbons (Fsp3) is 0.526. The van der Waals surface area contributed by atoms with Gasteiger partial charge < -0.3 is 9.84 Å². The van der Waals surface area contributed by atoms with Crippen molar-refractivity contribution in [2.24, 2.45) is 5.41 Å². The molecule has 0 amide bonds. The highest BCUT2D eigenvalue weighted by Crippen LogP contribution is 2.40. The predicted octanol–water partition coefficient (Wildman–Crippen LogP) is 4.68. The molecule has 0 saturated heterocycles. The van der Waals surface area contributed by atoms with Crippen molar-refractivity contribution < 1.29 is 14.2 Å². The van der Waals surface area contributed by atoms with E-state index in [2.05, 4.69) is 20.8 Å². The summed E-state index contributed by atoms with van der Waals surface area (Å²) in [5.74, 6) is -0.00597. The minimum Gasteiger partial charge on any atom is -0.489 e. The van der Waals surface area contributed by atoms with Gasteiger partial charge in [0, 0.05) is 5.56 Å². The zero-order valence-electron chi connectivity index (χ0n) is 14.0. The van der Waals surface area contributed by atoms with Crippen molar-refractivity contribution in [3.8, 4) is 11.8 Å². The molecule has 124 valence electrons. The first-order chi connectivity index (χ1) is 10.8. The maximum atomic E-state index is 13.8. The number of hydrogen-bond acceptors (Lipinski definition) is 3. The second kappa shape index (κ2) is 7.14. The Balaban J connectivity index is 2.15. The first-order valence-corrected chi connectivity index (χ1v) is 8.01. The molecule has 1 unspecified atom stereocenters. The summed E-state index contributed by atoms with van der Waals surface area (Å²) in [6.07, 6.45) is 2.16. The van der Waals surface area contributed by atoms with Gasteiger partial charge in [0.05, 0.1) is 18.6 Å². The number of ether oxygens (including phenoxy) is 1. The minimum absolute atomic E-state index is 0.109. The average Bonchev–Trinajstić information content (AvgIpc) is 2.48. The molecule has 0 radical (unpaired) electrons. The van der Waals surface area contributed by atoms with Gasteiger partial charge in [0.2, 0.25) is 0 Å². The lowest BCUT2D eigenvalue weighted by atomic mass is 9.73. The zero-order chi connectivity index (χ0) is 17.0. The number of benzene rings is 1. The van der Waals surface area contributed by atoms with E-state index in [1.165, 1.54) is 29.7 Å². The number of hydrogen-bond donors (Lipinski definition) is 1. The summed E-state index contributed by atoms with van der Waals surface area (Å²) in [7, 11) is 0. The summed E-state index contributed by atoms with van der Waals surface area (Å²) in [6.45, 7) is 7.06. The van der Waals surface area contributed by atoms with Crippen molar-refractivity contribution in [3.05, 3.63) is 40.7 Å². The first kappa shape index (κ1) is 17.5. The highest BCUT2D eigenvalue weighted by Gasteiger charge is 2.28. The summed E-state index contributed by atoms with van der Waals surface area (Å²) in [4.78, 5) is 0. The van der Waals surface area contributed by atoms with Gasteiger partial charge >= 0.3 is 0 Å². The highest BCUT2D eigenvalue weighted by atomic mass is 19.1. The van der Waals surface area contributed by atoms with Crippen LogP contribution in [-0.2, 0) is 0 Å². The number of aliphatic hydroxyl groups excluding tert-OH is 1. The van der Waals surface area contributed by atoms with Crippen LogP contribution in [0.5, 0.6) is 5.75 Å². The van der Waals surface area contributed by atoms with E-state index in [0.717, 1.165) is 12.8 Å². The second-order valence-corrected chi connectivity index (χ2v) is 6.85. The van der Waals surface area contributed by atoms with Crippen molar-refractivity contribution >= 4 is 0 Å². The molecule has 3 nitrogen and oxygen atoms in total. The lowest BCUT2D eigenvalue weighted by molar-refractivity contribution is 0.177. The van der Waals surface area contributed by atoms with E-state index in [1.54, 1.807) is 6.07 Å². The Labute approximate surface area is 137 Å². The maximum absolute atomic E-state index is 13.8. The standard InChI is InChI=1S/C19H24FNO2/c1-13-5-4-9-19(2,3)16(13)12-23-14-6-7-17(20)15(11-14)18(22)8-10-21/h6-7,11,18,22H,4-5,8-9,12H2,1-3H3. The number of nitrogens with zero attached hydrogens (tertiary/aromatic N) is 1. The quantitative estimate of drug-likeness (QED) is 0.802. The predicted molar refractivity (Wildman–Crippen MR) is 87.4 cm³/mol. The molecule has 23 heavy (non-hydrogen) atoms. The minimum atomic E-state index is -1.13. The van der Waals surface area contributed by atoms with E-state index in [1.807, 2.05) is 6.07 Å². The van der Waals surface area contributed by atoms with E-state index in [9.17, 15) is 9.50 Å². The van der Waals surface area contributed by atoms with Crippen LogP contribution >= 0.6 is 0 Å². The van der Waals surface area contributed by atoms with Crippen LogP contribution in [0.25, 0.3) is 0 Å². The largest absolute Gasteiger partial charge is 0.489 e. The highest BCUT2D eigenvalue weighted by molar-refractivity contribution is 5.33. The third kappa shape index (κ3) is 4.11. The van der Waals surface area contributed by atoms with Crippen molar-refractivity contribution in [3.63, 3.8) is 0 Å². The van der Waals surface area contributed by atoms with Crippen LogP contribution < -0.4 is 4.74 Å². The molecule has 1 N–H and O–H groups in total. The Hall–Kier alpha value is -1.86. The van der Waals surface area contributed by atoms with Crippen molar-refractivity contribution in [2.75, 3.05) is 6.61 Å². The number of nitriles is 1. The van der Waals surface area contributed by atoms with Crippen LogP contribution in [0, 0.1) is 22.6 Å². The average molecular weight is 317 g/mol. The fourth-order valence-corrected chi connectivity index (χ4v) is 3.21. The summed E-state index contributed by atoms with van der Waals surface area (Å²) < 4.78 is 19.6. The molecule has 0 spiro atoms. The van der Waals surface area contributed by atoms with Gasteiger partial charge in [0.1, 0.15) is 18.2 Å². The third-order valence-corrected chi connectivity index (χ3v) is 4.68. The zero-order valence-corrected chi connectivity index (χ0v) is 14.0. The molecule has 2 rings (SSSR count). The second-order valence-electron chi connectivity index (χ2n) is 6.85. The number of rotatable bonds is 5. The van der Waals surface area contributed by atoms with Crippen molar-refractivity contribution in [1.82, 2.24) is 0 Å². The number of aliphatic hydroxyl groups is 1. The lowest BCUT2D eigenvalue weighted by Crippen LogP contribution is -2.24. The maximum Gasteiger partial charge on any atom is 0.129 e. The molecule has 0 aliphatic heterocycles. The molecule has 0 heterocycles. The topological polar surface area (TPSA) is 53.2 Å². The Morgan fingerprint density at radius 2 is 2.17 bits per heavy atom. The van der Waals surface area contributed by atoms with E-state index in [4.69, 9.17) is 10.00 Å². The van der Waals surface area contributed by atoms with E-state index < -0.39 is 11.9 Å². The van der Waals surface area contributed by atoms with Crippen LogP contribution in [0.1, 0.15) is 58.1 Å². The molecular formula is C19H24FNO2. The molecular weight excluding hydrogens is 293 g/mol. The third-order valence-electron chi connectivity index (χ3n) is 4.68. The summed E-state index contributed by atoms with van der Waals surface area (Å²) >= 11 is 0. The molecule has 0 fully saturated rings. The van der Waals surface area contributed by atoms with Gasteiger partial charge in [-0.05, 0) is 55.4 Å². The van der Waals surface area contributed by atoms with Gasteiger partial charge in [0.15, 0.2) is 0 Å². The molecule has 1 aromatic carbocycles. The Kier molecular flexibility index (Phi) is 5.43. The molecule has 0 bridgehead atoms. The van der Waals surface area contributed by atoms with Gasteiger partial charge in [-0.25, -0.2) is 4.39 Å². The van der Waals surface area contributed by atoms with Crippen LogP contribution in [0.4, 0.5) is 4.39 Å². The van der Waals surface area contributed by atoms with Crippen LogP contribution in [0.3, 0.4) is 0 Å². The summed E-state index contributed by atoms with van der Waals surface area (Å²) in [5.41, 5.74) is 2.89. The normalized spacial score (nSPS) is 18.4. The monoisotopic (exact) mass is 317 g/mol.